The summed E-state index contributed by atoms with van der Waals surface area (Å²) in [5.41, 5.74) is 0.0786. The molecule has 2 atom stereocenters. The van der Waals surface area contributed by atoms with Crippen LogP contribution in [-0.2, 0) is 14.3 Å². The quantitative estimate of drug-likeness (QED) is 0.282. The molecule has 0 aromatic heterocycles. The molecule has 0 aliphatic heterocycles. The van der Waals surface area contributed by atoms with Crippen molar-refractivity contribution in [1.29, 1.82) is 0 Å². The molecule has 0 fully saturated rings. The van der Waals surface area contributed by atoms with Gasteiger partial charge in [0.15, 0.2) is 0 Å². The van der Waals surface area contributed by atoms with Gasteiger partial charge in [-0.3, -0.25) is 14.9 Å². The minimum Gasteiger partial charge on any atom is -0.462 e. The molecule has 0 radical (unpaired) electrons. The van der Waals surface area contributed by atoms with Crippen molar-refractivity contribution < 1.29 is 29.5 Å². The Morgan fingerprint density at radius 2 is 1.95 bits per heavy atom. The normalized spacial score (nSPS) is 13.1. The molecule has 0 saturated heterocycles. The third kappa shape index (κ3) is 4.23. The van der Waals surface area contributed by atoms with Gasteiger partial charge in [-0.1, -0.05) is 0 Å². The minimum atomic E-state index is -1.34. The lowest BCUT2D eigenvalue weighted by atomic mass is 10.0. The summed E-state index contributed by atoms with van der Waals surface area (Å²) in [4.78, 5) is 32.2. The standard InChI is InChI=1S/C12H14N2O7/c1-21-12(18)11(17)13-9(6-15)10(16)7-2-4-8(5-3-7)14(19)20/h2-5,9-10,15-16H,6H2,1H3,(H,13,17)/t9-,10-/m1/s1. The Labute approximate surface area is 119 Å². The van der Waals surface area contributed by atoms with Crippen molar-refractivity contribution in [2.24, 2.45) is 0 Å². The van der Waals surface area contributed by atoms with Gasteiger partial charge < -0.3 is 20.3 Å². The second-order valence-corrected chi connectivity index (χ2v) is 4.05. The van der Waals surface area contributed by atoms with Gasteiger partial charge in [-0.05, 0) is 17.7 Å². The first-order valence-electron chi connectivity index (χ1n) is 5.82. The number of nitro benzene ring substituents is 1. The van der Waals surface area contributed by atoms with E-state index in [1.165, 1.54) is 24.3 Å². The van der Waals surface area contributed by atoms with Crippen LogP contribution in [0, 0.1) is 10.1 Å². The highest BCUT2D eigenvalue weighted by Gasteiger charge is 2.25. The van der Waals surface area contributed by atoms with Crippen LogP contribution in [-0.4, -0.2) is 46.8 Å². The number of hydrogen-bond donors (Lipinski definition) is 3. The molecule has 9 nitrogen and oxygen atoms in total. The monoisotopic (exact) mass is 298 g/mol. The first-order chi connectivity index (χ1) is 9.90. The fourth-order valence-electron chi connectivity index (χ4n) is 1.57. The number of rotatable bonds is 5. The Hall–Kier alpha value is -2.52. The topological polar surface area (TPSA) is 139 Å². The predicted octanol–water partition coefficient (Wildman–Crippen LogP) is -0.722. The van der Waals surface area contributed by atoms with Crippen LogP contribution in [0.2, 0.25) is 0 Å². The van der Waals surface area contributed by atoms with Crippen molar-refractivity contribution >= 4 is 17.6 Å². The fourth-order valence-corrected chi connectivity index (χ4v) is 1.57. The maximum Gasteiger partial charge on any atom is 0.396 e. The third-order valence-corrected chi connectivity index (χ3v) is 2.71. The highest BCUT2D eigenvalue weighted by Crippen LogP contribution is 2.20. The number of aliphatic hydroxyl groups is 2. The molecule has 0 aliphatic carbocycles. The summed E-state index contributed by atoms with van der Waals surface area (Å²) in [6.45, 7) is -0.638. The zero-order valence-electron chi connectivity index (χ0n) is 11.1. The number of hydrogen-bond acceptors (Lipinski definition) is 7. The van der Waals surface area contributed by atoms with Crippen LogP contribution < -0.4 is 5.32 Å². The maximum atomic E-state index is 11.3. The van der Waals surface area contributed by atoms with E-state index < -0.39 is 35.6 Å². The van der Waals surface area contributed by atoms with Crippen molar-refractivity contribution in [2.45, 2.75) is 12.1 Å². The van der Waals surface area contributed by atoms with Gasteiger partial charge in [0.2, 0.25) is 0 Å². The van der Waals surface area contributed by atoms with Gasteiger partial charge in [-0.15, -0.1) is 0 Å². The summed E-state index contributed by atoms with van der Waals surface area (Å²) in [6, 6.07) is 3.77. The van der Waals surface area contributed by atoms with Crippen molar-refractivity contribution in [2.75, 3.05) is 13.7 Å². The molecule has 21 heavy (non-hydrogen) atoms. The molecule has 0 bridgehead atoms. The van der Waals surface area contributed by atoms with Crippen LogP contribution in [0.15, 0.2) is 24.3 Å². The molecule has 0 saturated carbocycles. The van der Waals surface area contributed by atoms with E-state index >= 15 is 0 Å². The molecule has 1 aromatic carbocycles. The van der Waals surface area contributed by atoms with Gasteiger partial charge in [0.05, 0.1) is 24.7 Å². The third-order valence-electron chi connectivity index (χ3n) is 2.71. The van der Waals surface area contributed by atoms with Crippen LogP contribution in [0.5, 0.6) is 0 Å². The summed E-state index contributed by atoms with van der Waals surface area (Å²) in [6.07, 6.45) is -1.34. The fraction of sp³-hybridized carbons (Fsp3) is 0.333. The van der Waals surface area contributed by atoms with Crippen LogP contribution in [0.25, 0.3) is 0 Å². The Bertz CT molecular complexity index is 529. The van der Waals surface area contributed by atoms with Gasteiger partial charge in [0.1, 0.15) is 6.10 Å². The molecule has 114 valence electrons. The van der Waals surface area contributed by atoms with E-state index in [1.54, 1.807) is 0 Å². The summed E-state index contributed by atoms with van der Waals surface area (Å²) in [5.74, 6) is -2.28. The summed E-state index contributed by atoms with van der Waals surface area (Å²) >= 11 is 0. The number of carbonyl (C=O) groups is 2. The SMILES string of the molecule is COC(=O)C(=O)N[C@H](CO)[C@H](O)c1ccc([N+](=O)[O-])cc1. The smallest absolute Gasteiger partial charge is 0.396 e. The average molecular weight is 298 g/mol. The molecule has 1 rings (SSSR count). The number of amides is 1. The highest BCUT2D eigenvalue weighted by molar-refractivity contribution is 6.32. The van der Waals surface area contributed by atoms with Crippen LogP contribution >= 0.6 is 0 Å². The van der Waals surface area contributed by atoms with Crippen molar-refractivity contribution in [3.05, 3.63) is 39.9 Å². The second-order valence-electron chi connectivity index (χ2n) is 4.05. The Morgan fingerprint density at radius 3 is 2.38 bits per heavy atom. The molecule has 9 heteroatoms. The van der Waals surface area contributed by atoms with E-state index in [1.807, 2.05) is 0 Å². The van der Waals surface area contributed by atoms with Crippen LogP contribution in [0.1, 0.15) is 11.7 Å². The minimum absolute atomic E-state index is 0.162. The number of ether oxygens (including phenoxy) is 1. The number of carbonyl (C=O) groups excluding carboxylic acids is 2. The predicted molar refractivity (Wildman–Crippen MR) is 69.1 cm³/mol. The summed E-state index contributed by atoms with van der Waals surface area (Å²) in [5, 5.41) is 31.8. The van der Waals surface area contributed by atoms with Gasteiger partial charge in [-0.25, -0.2) is 4.79 Å². The molecule has 0 spiro atoms. The Kier molecular flexibility index (Phi) is 5.76. The lowest BCUT2D eigenvalue weighted by molar-refractivity contribution is -0.384. The first-order valence-corrected chi connectivity index (χ1v) is 5.82. The summed E-state index contributed by atoms with van der Waals surface area (Å²) < 4.78 is 4.20. The molecule has 1 amide bonds. The zero-order valence-corrected chi connectivity index (χ0v) is 11.1. The second kappa shape index (κ2) is 7.31. The van der Waals surface area contributed by atoms with Crippen molar-refractivity contribution in [1.82, 2.24) is 5.32 Å². The largest absolute Gasteiger partial charge is 0.462 e. The number of esters is 1. The number of non-ortho nitro benzene ring substituents is 1. The summed E-state index contributed by atoms with van der Waals surface area (Å²) in [7, 11) is 1.02. The van der Waals surface area contributed by atoms with E-state index in [-0.39, 0.29) is 11.3 Å². The number of aliphatic hydroxyl groups excluding tert-OH is 2. The van der Waals surface area contributed by atoms with Crippen LogP contribution in [0.3, 0.4) is 0 Å². The first kappa shape index (κ1) is 16.5. The van der Waals surface area contributed by atoms with Gasteiger partial charge in [0.25, 0.3) is 5.69 Å². The molecule has 1 aromatic rings. The van der Waals surface area contributed by atoms with E-state index in [0.717, 1.165) is 7.11 Å². The van der Waals surface area contributed by atoms with Crippen molar-refractivity contribution in [3.63, 3.8) is 0 Å². The van der Waals surface area contributed by atoms with Gasteiger partial charge in [0, 0.05) is 12.1 Å². The lowest BCUT2D eigenvalue weighted by Crippen LogP contribution is -2.45. The number of methoxy groups -OCH3 is 1. The molecule has 0 unspecified atom stereocenters. The van der Waals surface area contributed by atoms with Gasteiger partial charge >= 0.3 is 11.9 Å². The van der Waals surface area contributed by atoms with Gasteiger partial charge in [-0.2, -0.15) is 0 Å². The van der Waals surface area contributed by atoms with E-state index in [0.29, 0.717) is 0 Å². The van der Waals surface area contributed by atoms with E-state index in [9.17, 15) is 24.8 Å². The van der Waals surface area contributed by atoms with E-state index in [2.05, 4.69) is 10.1 Å². The number of nitrogens with one attached hydrogen (secondary N) is 1. The Morgan fingerprint density at radius 1 is 1.38 bits per heavy atom. The lowest BCUT2D eigenvalue weighted by Gasteiger charge is -2.21. The maximum absolute atomic E-state index is 11.3. The molecule has 3 N–H and O–H groups in total. The molecular weight excluding hydrogens is 284 g/mol. The van der Waals surface area contributed by atoms with Crippen molar-refractivity contribution in [3.8, 4) is 0 Å². The highest BCUT2D eigenvalue weighted by atomic mass is 16.6. The molecule has 0 heterocycles. The molecular formula is C12H14N2O7. The number of nitrogens with zero attached hydrogens (tertiary/aromatic N) is 1. The zero-order chi connectivity index (χ0) is 16.0. The van der Waals surface area contributed by atoms with Crippen LogP contribution in [0.4, 0.5) is 5.69 Å². The number of nitro groups is 1. The Balaban J connectivity index is 2.83. The molecule has 0 aliphatic rings. The number of benzene rings is 1. The van der Waals surface area contributed by atoms with E-state index in [4.69, 9.17) is 5.11 Å². The average Bonchev–Trinajstić information content (AvgIpc) is 2.50.